The Labute approximate surface area is 128 Å². The maximum absolute atomic E-state index is 12.7. The van der Waals surface area contributed by atoms with Gasteiger partial charge in [-0.2, -0.15) is 13.2 Å². The highest BCUT2D eigenvalue weighted by molar-refractivity contribution is 7.80. The standard InChI is InChI=1S/C15H20F3NOS/c1-9-7-10(14(2,3)4)5-6-12(9)20-8-11(13(19)21)15(16,17)18/h5-7,11H,8H2,1-4H3,(H2,19,21). The monoisotopic (exact) mass is 319 g/mol. The third kappa shape index (κ3) is 4.88. The Morgan fingerprint density at radius 1 is 1.29 bits per heavy atom. The second-order valence-corrected chi connectivity index (χ2v) is 6.51. The molecule has 2 nitrogen and oxygen atoms in total. The molecule has 0 radical (unpaired) electrons. The van der Waals surface area contributed by atoms with E-state index in [1.165, 1.54) is 0 Å². The lowest BCUT2D eigenvalue weighted by molar-refractivity contribution is -0.161. The number of hydrogen-bond acceptors (Lipinski definition) is 2. The quantitative estimate of drug-likeness (QED) is 0.847. The van der Waals surface area contributed by atoms with Gasteiger partial charge in [0.05, 0.1) is 4.99 Å². The topological polar surface area (TPSA) is 35.2 Å². The van der Waals surface area contributed by atoms with Crippen LogP contribution in [0.2, 0.25) is 0 Å². The maximum atomic E-state index is 12.7. The van der Waals surface area contributed by atoms with E-state index in [9.17, 15) is 13.2 Å². The number of benzene rings is 1. The predicted octanol–water partition coefficient (Wildman–Crippen LogP) is 4.14. The van der Waals surface area contributed by atoms with E-state index in [0.717, 1.165) is 11.1 Å². The molecule has 0 saturated heterocycles. The van der Waals surface area contributed by atoms with Gasteiger partial charge in [-0.1, -0.05) is 45.1 Å². The van der Waals surface area contributed by atoms with E-state index in [4.69, 9.17) is 10.5 Å². The maximum Gasteiger partial charge on any atom is 0.401 e. The van der Waals surface area contributed by atoms with Crippen molar-refractivity contribution in [1.29, 1.82) is 0 Å². The summed E-state index contributed by atoms with van der Waals surface area (Å²) in [6.45, 7) is 7.39. The summed E-state index contributed by atoms with van der Waals surface area (Å²) in [6.07, 6.45) is -4.49. The molecule has 6 heteroatoms. The van der Waals surface area contributed by atoms with Crippen LogP contribution in [-0.2, 0) is 5.41 Å². The molecule has 2 N–H and O–H groups in total. The molecule has 1 atom stereocenters. The van der Waals surface area contributed by atoms with Crippen LogP contribution in [0.3, 0.4) is 0 Å². The third-order valence-corrected chi connectivity index (χ3v) is 3.47. The SMILES string of the molecule is Cc1cc(C(C)(C)C)ccc1OCC(C(N)=S)C(F)(F)F. The van der Waals surface area contributed by atoms with Gasteiger partial charge in [0.15, 0.2) is 0 Å². The van der Waals surface area contributed by atoms with Crippen molar-refractivity contribution in [1.82, 2.24) is 0 Å². The van der Waals surface area contributed by atoms with Gasteiger partial charge in [-0.3, -0.25) is 0 Å². The molecule has 0 aliphatic heterocycles. The van der Waals surface area contributed by atoms with E-state index in [2.05, 4.69) is 33.0 Å². The van der Waals surface area contributed by atoms with E-state index < -0.39 is 23.7 Å². The first-order valence-corrected chi connectivity index (χ1v) is 6.93. The highest BCUT2D eigenvalue weighted by Crippen LogP contribution is 2.30. The summed E-state index contributed by atoms with van der Waals surface area (Å²) in [5, 5.41) is 0. The van der Waals surface area contributed by atoms with Crippen molar-refractivity contribution in [3.05, 3.63) is 29.3 Å². The van der Waals surface area contributed by atoms with E-state index in [1.807, 2.05) is 12.1 Å². The highest BCUT2D eigenvalue weighted by Gasteiger charge is 2.42. The molecule has 0 amide bonds. The van der Waals surface area contributed by atoms with Crippen LogP contribution in [0.15, 0.2) is 18.2 Å². The van der Waals surface area contributed by atoms with Crippen molar-refractivity contribution in [3.63, 3.8) is 0 Å². The zero-order chi connectivity index (χ0) is 16.4. The van der Waals surface area contributed by atoms with Crippen molar-refractivity contribution in [2.45, 2.75) is 39.3 Å². The molecule has 1 unspecified atom stereocenters. The summed E-state index contributed by atoms with van der Waals surface area (Å²) in [4.78, 5) is -0.605. The van der Waals surface area contributed by atoms with Crippen LogP contribution in [0.4, 0.5) is 13.2 Å². The fraction of sp³-hybridized carbons (Fsp3) is 0.533. The normalized spacial score (nSPS) is 13.9. The average Bonchev–Trinajstić information content (AvgIpc) is 2.27. The molecule has 118 valence electrons. The molecule has 0 fully saturated rings. The first-order chi connectivity index (χ1) is 9.43. The fourth-order valence-corrected chi connectivity index (χ4v) is 1.99. The summed E-state index contributed by atoms with van der Waals surface area (Å²) < 4.78 is 43.5. The number of halogens is 3. The number of thiocarbonyl (C=S) groups is 1. The van der Waals surface area contributed by atoms with Gasteiger partial charge in [-0.05, 0) is 29.5 Å². The molecule has 0 bridgehead atoms. The smallest absolute Gasteiger partial charge is 0.401 e. The molecule has 0 aliphatic carbocycles. The van der Waals surface area contributed by atoms with Crippen LogP contribution >= 0.6 is 12.2 Å². The van der Waals surface area contributed by atoms with Crippen LogP contribution < -0.4 is 10.5 Å². The largest absolute Gasteiger partial charge is 0.492 e. The molecule has 0 saturated carbocycles. The summed E-state index contributed by atoms with van der Waals surface area (Å²) in [7, 11) is 0. The molecule has 0 aliphatic rings. The van der Waals surface area contributed by atoms with Gasteiger partial charge in [-0.15, -0.1) is 0 Å². The zero-order valence-electron chi connectivity index (χ0n) is 12.5. The molecule has 1 rings (SSSR count). The number of aryl methyl sites for hydroxylation is 1. The summed E-state index contributed by atoms with van der Waals surface area (Å²) in [5.41, 5.74) is 6.98. The van der Waals surface area contributed by atoms with Gasteiger partial charge >= 0.3 is 6.18 Å². The van der Waals surface area contributed by atoms with Gasteiger partial charge in [0.2, 0.25) is 0 Å². The molecule has 1 aromatic carbocycles. The Balaban J connectivity index is 2.87. The van der Waals surface area contributed by atoms with Crippen molar-refractivity contribution < 1.29 is 17.9 Å². The Bertz CT molecular complexity index is 521. The van der Waals surface area contributed by atoms with Crippen LogP contribution in [0.25, 0.3) is 0 Å². The van der Waals surface area contributed by atoms with Crippen molar-refractivity contribution in [2.75, 3.05) is 6.61 Å². The Morgan fingerprint density at radius 3 is 2.24 bits per heavy atom. The van der Waals surface area contributed by atoms with Gasteiger partial charge < -0.3 is 10.5 Å². The summed E-state index contributed by atoms with van der Waals surface area (Å²) >= 11 is 4.46. The second-order valence-electron chi connectivity index (χ2n) is 6.04. The van der Waals surface area contributed by atoms with E-state index in [1.54, 1.807) is 13.0 Å². The van der Waals surface area contributed by atoms with Gasteiger partial charge in [0.25, 0.3) is 0 Å². The number of ether oxygens (including phenoxy) is 1. The lowest BCUT2D eigenvalue weighted by Crippen LogP contribution is -2.38. The Morgan fingerprint density at radius 2 is 1.86 bits per heavy atom. The number of alkyl halides is 3. The van der Waals surface area contributed by atoms with Gasteiger partial charge in [-0.25, -0.2) is 0 Å². The van der Waals surface area contributed by atoms with Crippen molar-refractivity contribution in [3.8, 4) is 5.75 Å². The molecule has 1 aromatic rings. The summed E-state index contributed by atoms with van der Waals surface area (Å²) in [6, 6.07) is 5.45. The van der Waals surface area contributed by atoms with Gasteiger partial charge in [0.1, 0.15) is 18.3 Å². The number of hydrogen-bond donors (Lipinski definition) is 1. The lowest BCUT2D eigenvalue weighted by atomic mass is 9.86. The Hall–Kier alpha value is -1.30. The molecular weight excluding hydrogens is 299 g/mol. The molecule has 0 spiro atoms. The van der Waals surface area contributed by atoms with E-state index in [0.29, 0.717) is 5.75 Å². The average molecular weight is 319 g/mol. The first kappa shape index (κ1) is 17.8. The van der Waals surface area contributed by atoms with E-state index in [-0.39, 0.29) is 5.41 Å². The number of rotatable bonds is 4. The minimum Gasteiger partial charge on any atom is -0.492 e. The first-order valence-electron chi connectivity index (χ1n) is 6.53. The minimum absolute atomic E-state index is 0.0311. The van der Waals surface area contributed by atoms with Crippen molar-refractivity contribution in [2.24, 2.45) is 11.7 Å². The van der Waals surface area contributed by atoms with Gasteiger partial charge in [0, 0.05) is 0 Å². The van der Waals surface area contributed by atoms with Crippen LogP contribution in [0.1, 0.15) is 31.9 Å². The molecule has 0 heterocycles. The molecule has 0 aromatic heterocycles. The highest BCUT2D eigenvalue weighted by atomic mass is 32.1. The second kappa shape index (κ2) is 6.22. The van der Waals surface area contributed by atoms with E-state index >= 15 is 0 Å². The Kier molecular flexibility index (Phi) is 5.25. The number of nitrogens with two attached hydrogens (primary N) is 1. The van der Waals surface area contributed by atoms with Crippen LogP contribution in [-0.4, -0.2) is 17.8 Å². The fourth-order valence-electron chi connectivity index (χ4n) is 1.79. The van der Waals surface area contributed by atoms with Crippen LogP contribution in [0.5, 0.6) is 5.75 Å². The minimum atomic E-state index is -4.49. The summed E-state index contributed by atoms with van der Waals surface area (Å²) in [5.74, 6) is -1.53. The van der Waals surface area contributed by atoms with Crippen molar-refractivity contribution >= 4 is 17.2 Å². The third-order valence-electron chi connectivity index (χ3n) is 3.19. The molecule has 21 heavy (non-hydrogen) atoms. The van der Waals surface area contributed by atoms with Crippen LogP contribution in [0, 0.1) is 12.8 Å². The molecular formula is C15H20F3NOS. The zero-order valence-corrected chi connectivity index (χ0v) is 13.4. The predicted molar refractivity (Wildman–Crippen MR) is 81.7 cm³/mol. The lowest BCUT2D eigenvalue weighted by Gasteiger charge is -2.22.